The summed E-state index contributed by atoms with van der Waals surface area (Å²) in [6, 6.07) is 15.5. The maximum atomic E-state index is 15.4. The number of phenolic OH excluding ortho intramolecular Hbond substituents is 1. The molecule has 3 fully saturated rings. The molecule has 6 atom stereocenters. The van der Waals surface area contributed by atoms with E-state index in [9.17, 15) is 24.3 Å². The van der Waals surface area contributed by atoms with Gasteiger partial charge in [-0.2, -0.15) is 5.01 Å². The standard InChI is InChI=1S/C41H41Cl2N3O8/c1-21-17-23(18-22(2)36(21)49)35-27-13-14-28-34(39(52)45(37(28)50)16-6-4-5-7-33(47)48)29(27)20-30-38(51)46(44-32-15-10-25(42)19-31(32)43)40(53)41(30,35)24-8-11-26(54-3)12-9-24/h8-13,15,17-19,28-30,34-35,44,49H,4-7,14,16,20H2,1-3H3,(H,47,48). The molecule has 282 valence electrons. The number of likely N-dealkylation sites (tertiary alicyclic amines) is 1. The zero-order valence-corrected chi connectivity index (χ0v) is 31.6. The Bertz CT molecular complexity index is 2080. The van der Waals surface area contributed by atoms with Crippen LogP contribution in [0.3, 0.4) is 0 Å². The molecular weight excluding hydrogens is 733 g/mol. The van der Waals surface area contributed by atoms with Crippen LogP contribution in [0.1, 0.15) is 66.7 Å². The van der Waals surface area contributed by atoms with E-state index in [4.69, 9.17) is 33.0 Å². The fourth-order valence-corrected chi connectivity index (χ4v) is 9.83. The van der Waals surface area contributed by atoms with Crippen molar-refractivity contribution in [3.63, 3.8) is 0 Å². The van der Waals surface area contributed by atoms with E-state index in [0.29, 0.717) is 58.0 Å². The highest BCUT2D eigenvalue weighted by Crippen LogP contribution is 2.64. The summed E-state index contributed by atoms with van der Waals surface area (Å²) in [5.41, 5.74) is 5.01. The van der Waals surface area contributed by atoms with Crippen LogP contribution in [0.4, 0.5) is 5.69 Å². The second kappa shape index (κ2) is 14.4. The molecule has 2 heterocycles. The fraction of sp³-hybridized carbons (Fsp3) is 0.390. The van der Waals surface area contributed by atoms with Gasteiger partial charge >= 0.3 is 5.97 Å². The van der Waals surface area contributed by atoms with Gasteiger partial charge in [0.15, 0.2) is 0 Å². The van der Waals surface area contributed by atoms with Crippen molar-refractivity contribution >= 4 is 58.5 Å². The van der Waals surface area contributed by atoms with Gasteiger partial charge in [-0.15, -0.1) is 0 Å². The molecule has 6 unspecified atom stereocenters. The van der Waals surface area contributed by atoms with Gasteiger partial charge in [0.2, 0.25) is 11.8 Å². The number of benzene rings is 3. The third kappa shape index (κ3) is 6.01. The van der Waals surface area contributed by atoms with E-state index in [1.54, 1.807) is 57.4 Å². The lowest BCUT2D eigenvalue weighted by Crippen LogP contribution is -2.53. The molecule has 2 aliphatic carbocycles. The van der Waals surface area contributed by atoms with Crippen LogP contribution in [-0.4, -0.2) is 63.4 Å². The van der Waals surface area contributed by atoms with Crippen LogP contribution < -0.4 is 10.2 Å². The van der Waals surface area contributed by atoms with E-state index in [1.165, 1.54) is 11.0 Å². The number of nitrogens with one attached hydrogen (secondary N) is 1. The molecule has 0 aromatic heterocycles. The van der Waals surface area contributed by atoms with E-state index in [2.05, 4.69) is 5.43 Å². The molecule has 54 heavy (non-hydrogen) atoms. The summed E-state index contributed by atoms with van der Waals surface area (Å²) in [5.74, 6) is -5.50. The van der Waals surface area contributed by atoms with Crippen LogP contribution in [0, 0.1) is 37.5 Å². The smallest absolute Gasteiger partial charge is 0.303 e. The van der Waals surface area contributed by atoms with Gasteiger partial charge in [0.1, 0.15) is 11.5 Å². The van der Waals surface area contributed by atoms with Gasteiger partial charge in [0.25, 0.3) is 11.8 Å². The first-order chi connectivity index (χ1) is 25.8. The van der Waals surface area contributed by atoms with Gasteiger partial charge in [-0.05, 0) is 98.0 Å². The van der Waals surface area contributed by atoms with Crippen molar-refractivity contribution in [2.45, 2.75) is 63.7 Å². The van der Waals surface area contributed by atoms with Crippen molar-refractivity contribution in [3.8, 4) is 11.5 Å². The largest absolute Gasteiger partial charge is 0.507 e. The molecule has 11 nitrogen and oxygen atoms in total. The highest BCUT2D eigenvalue weighted by Gasteiger charge is 2.70. The van der Waals surface area contributed by atoms with E-state index < -0.39 is 52.8 Å². The molecule has 0 spiro atoms. The van der Waals surface area contributed by atoms with E-state index in [-0.39, 0.29) is 48.4 Å². The number of phenols is 1. The van der Waals surface area contributed by atoms with Crippen LogP contribution >= 0.6 is 23.2 Å². The van der Waals surface area contributed by atoms with Gasteiger partial charge in [-0.25, -0.2) is 0 Å². The summed E-state index contributed by atoms with van der Waals surface area (Å²) < 4.78 is 5.47. The van der Waals surface area contributed by atoms with Gasteiger partial charge in [-0.1, -0.05) is 65.5 Å². The van der Waals surface area contributed by atoms with E-state index in [0.717, 1.165) is 10.6 Å². The summed E-state index contributed by atoms with van der Waals surface area (Å²) in [7, 11) is 1.54. The van der Waals surface area contributed by atoms with E-state index in [1.807, 2.05) is 18.2 Å². The van der Waals surface area contributed by atoms with Crippen molar-refractivity contribution in [2.24, 2.45) is 23.7 Å². The quantitative estimate of drug-likeness (QED) is 0.107. The Kier molecular flexibility index (Phi) is 9.99. The van der Waals surface area contributed by atoms with Crippen LogP contribution in [-0.2, 0) is 29.4 Å². The first kappa shape index (κ1) is 37.4. The van der Waals surface area contributed by atoms with Gasteiger partial charge in [0.05, 0.1) is 41.0 Å². The first-order valence-corrected chi connectivity index (χ1v) is 18.9. The predicted octanol–water partition coefficient (Wildman–Crippen LogP) is 6.95. The number of halogens is 2. The van der Waals surface area contributed by atoms with Crippen molar-refractivity contribution < 1.29 is 38.9 Å². The van der Waals surface area contributed by atoms with Crippen molar-refractivity contribution in [1.29, 1.82) is 0 Å². The Balaban J connectivity index is 1.38. The number of imide groups is 2. The average Bonchev–Trinajstić information content (AvgIpc) is 3.51. The van der Waals surface area contributed by atoms with Gasteiger partial charge in [0, 0.05) is 23.9 Å². The number of fused-ring (bicyclic) bond motifs is 4. The second-order valence-corrected chi connectivity index (χ2v) is 15.6. The first-order valence-electron chi connectivity index (χ1n) is 18.1. The molecule has 2 aliphatic heterocycles. The lowest BCUT2D eigenvalue weighted by atomic mass is 9.49. The van der Waals surface area contributed by atoms with Crippen molar-refractivity contribution in [1.82, 2.24) is 9.91 Å². The molecule has 7 rings (SSSR count). The number of unbranched alkanes of at least 4 members (excludes halogenated alkanes) is 2. The predicted molar refractivity (Wildman–Crippen MR) is 201 cm³/mol. The number of hydrazine groups is 1. The summed E-state index contributed by atoms with van der Waals surface area (Å²) in [6.07, 6.45) is 3.87. The number of carbonyl (C=O) groups excluding carboxylic acids is 4. The molecule has 3 aromatic rings. The van der Waals surface area contributed by atoms with Gasteiger partial charge in [-0.3, -0.25) is 34.3 Å². The Morgan fingerprint density at radius 1 is 0.926 bits per heavy atom. The fourth-order valence-electron chi connectivity index (χ4n) is 9.38. The molecule has 3 aromatic carbocycles. The minimum atomic E-state index is -1.52. The number of allylic oxidation sites excluding steroid dienone is 2. The average molecular weight is 775 g/mol. The number of ether oxygens (including phenoxy) is 1. The molecule has 3 N–H and O–H groups in total. The highest BCUT2D eigenvalue weighted by atomic mass is 35.5. The summed E-state index contributed by atoms with van der Waals surface area (Å²) in [5, 5.41) is 21.5. The number of nitrogens with zero attached hydrogens (tertiary/aromatic N) is 2. The van der Waals surface area contributed by atoms with E-state index >= 15 is 4.79 Å². The Labute approximate surface area is 322 Å². The topological polar surface area (TPSA) is 154 Å². The number of aryl methyl sites for hydroxylation is 2. The van der Waals surface area contributed by atoms with Gasteiger partial charge < -0.3 is 14.9 Å². The van der Waals surface area contributed by atoms with Crippen molar-refractivity contribution in [3.05, 3.63) is 98.5 Å². The maximum absolute atomic E-state index is 15.4. The summed E-state index contributed by atoms with van der Waals surface area (Å²) in [6.45, 7) is 3.74. The third-order valence-electron chi connectivity index (χ3n) is 11.8. The molecule has 4 amide bonds. The zero-order valence-electron chi connectivity index (χ0n) is 30.1. The van der Waals surface area contributed by atoms with Crippen molar-refractivity contribution in [2.75, 3.05) is 19.1 Å². The number of aromatic hydroxyl groups is 1. The molecule has 0 radical (unpaired) electrons. The lowest BCUT2D eigenvalue weighted by molar-refractivity contribution is -0.141. The molecular formula is C41H41Cl2N3O8. The molecule has 13 heteroatoms. The number of rotatable bonds is 11. The van der Waals surface area contributed by atoms with Crippen LogP contribution in [0.5, 0.6) is 11.5 Å². The Hall–Kier alpha value is -4.87. The third-order valence-corrected chi connectivity index (χ3v) is 12.3. The number of hydrogen-bond donors (Lipinski definition) is 3. The summed E-state index contributed by atoms with van der Waals surface area (Å²) in [4.78, 5) is 70.8. The number of carbonyl (C=O) groups is 5. The number of methoxy groups -OCH3 is 1. The normalized spacial score (nSPS) is 26.0. The number of carboxylic acid groups (broad SMARTS) is 1. The second-order valence-electron chi connectivity index (χ2n) is 14.7. The monoisotopic (exact) mass is 773 g/mol. The SMILES string of the molecule is COc1ccc(C23C(=O)N(Nc4ccc(Cl)cc4Cl)C(=O)C2CC2C(=CCC4C(=O)N(CCCCCC(=O)O)C(=O)C42)C3c2cc(C)c(O)c(C)c2)cc1. The van der Waals surface area contributed by atoms with Crippen LogP contribution in [0.15, 0.2) is 66.2 Å². The summed E-state index contributed by atoms with van der Waals surface area (Å²) >= 11 is 12.7. The van der Waals surface area contributed by atoms with Crippen LogP contribution in [0.2, 0.25) is 10.0 Å². The zero-order chi connectivity index (χ0) is 38.6. The molecule has 0 bridgehead atoms. The molecule has 2 saturated heterocycles. The number of anilines is 1. The number of aliphatic carboxylic acids is 1. The molecule has 1 saturated carbocycles. The Morgan fingerprint density at radius 3 is 2.28 bits per heavy atom. The lowest BCUT2D eigenvalue weighted by Gasteiger charge is -2.50. The number of hydrogen-bond acceptors (Lipinski definition) is 8. The van der Waals surface area contributed by atoms with Crippen LogP contribution in [0.25, 0.3) is 0 Å². The number of amides is 4. The number of carboxylic acids is 1. The highest BCUT2D eigenvalue weighted by molar-refractivity contribution is 6.36. The minimum absolute atomic E-state index is 0.0142. The maximum Gasteiger partial charge on any atom is 0.303 e. The Morgan fingerprint density at radius 2 is 1.63 bits per heavy atom. The minimum Gasteiger partial charge on any atom is -0.507 e. The molecule has 4 aliphatic rings.